The molecule has 0 spiro atoms. The van der Waals surface area contributed by atoms with Gasteiger partial charge in [0.2, 0.25) is 0 Å². The predicted molar refractivity (Wildman–Crippen MR) is 82.2 cm³/mol. The smallest absolute Gasteiger partial charge is 0.303 e. The molecule has 1 aromatic carbocycles. The Morgan fingerprint density at radius 3 is 2.55 bits per heavy atom. The fourth-order valence-electron chi connectivity index (χ4n) is 2.05. The van der Waals surface area contributed by atoms with Gasteiger partial charge in [-0.15, -0.1) is 11.3 Å². The van der Waals surface area contributed by atoms with Crippen LogP contribution < -0.4 is 0 Å². The largest absolute Gasteiger partial charge is 0.481 e. The summed E-state index contributed by atoms with van der Waals surface area (Å²) in [6, 6.07) is 8.30. The Labute approximate surface area is 123 Å². The van der Waals surface area contributed by atoms with Gasteiger partial charge in [0.25, 0.3) is 0 Å². The number of aliphatic carboxylic acids is 1. The molecule has 1 aromatic heterocycles. The summed E-state index contributed by atoms with van der Waals surface area (Å²) in [6.45, 7) is 4.18. The van der Waals surface area contributed by atoms with Crippen molar-refractivity contribution in [1.82, 2.24) is 4.98 Å². The molecule has 0 amide bonds. The van der Waals surface area contributed by atoms with Crippen LogP contribution in [0.1, 0.15) is 35.9 Å². The Morgan fingerprint density at radius 2 is 1.95 bits per heavy atom. The van der Waals surface area contributed by atoms with Crippen LogP contribution in [0.3, 0.4) is 0 Å². The summed E-state index contributed by atoms with van der Waals surface area (Å²) in [5.41, 5.74) is 3.40. The Morgan fingerprint density at radius 1 is 1.25 bits per heavy atom. The van der Waals surface area contributed by atoms with E-state index in [2.05, 4.69) is 38.1 Å². The number of aromatic nitrogens is 1. The topological polar surface area (TPSA) is 50.2 Å². The number of nitrogens with zero attached hydrogens (tertiary/aromatic N) is 1. The zero-order chi connectivity index (χ0) is 14.5. The van der Waals surface area contributed by atoms with Crippen LogP contribution in [0.25, 0.3) is 10.6 Å². The summed E-state index contributed by atoms with van der Waals surface area (Å²) in [4.78, 5) is 16.6. The molecule has 20 heavy (non-hydrogen) atoms. The first-order valence-corrected chi connectivity index (χ1v) is 7.69. The number of carbonyl (C=O) groups is 1. The Kier molecular flexibility index (Phi) is 4.90. The zero-order valence-electron chi connectivity index (χ0n) is 11.8. The summed E-state index contributed by atoms with van der Waals surface area (Å²) in [7, 11) is 0. The lowest BCUT2D eigenvalue weighted by Crippen LogP contribution is -1.98. The highest BCUT2D eigenvalue weighted by Crippen LogP contribution is 2.30. The number of aryl methyl sites for hydroxylation is 3. The zero-order valence-corrected chi connectivity index (χ0v) is 12.7. The molecule has 0 saturated carbocycles. The van der Waals surface area contributed by atoms with Crippen LogP contribution in [-0.4, -0.2) is 16.1 Å². The molecule has 0 saturated heterocycles. The quantitative estimate of drug-likeness (QED) is 0.871. The summed E-state index contributed by atoms with van der Waals surface area (Å²) in [5.74, 6) is -0.752. The van der Waals surface area contributed by atoms with E-state index in [9.17, 15) is 4.79 Å². The van der Waals surface area contributed by atoms with Crippen LogP contribution in [0.4, 0.5) is 0 Å². The molecule has 0 atom stereocenters. The highest BCUT2D eigenvalue weighted by molar-refractivity contribution is 7.15. The SMILES string of the molecule is CCCc1nc(-c2ccc(C)cc2)sc1CCC(=O)O. The van der Waals surface area contributed by atoms with E-state index in [0.29, 0.717) is 6.42 Å². The molecule has 2 aromatic rings. The van der Waals surface area contributed by atoms with Crippen molar-refractivity contribution in [1.29, 1.82) is 0 Å². The van der Waals surface area contributed by atoms with Crippen molar-refractivity contribution in [3.05, 3.63) is 40.4 Å². The van der Waals surface area contributed by atoms with E-state index >= 15 is 0 Å². The number of hydrogen-bond acceptors (Lipinski definition) is 3. The molecular weight excluding hydrogens is 270 g/mol. The minimum atomic E-state index is -0.752. The second-order valence-corrected chi connectivity index (χ2v) is 5.98. The van der Waals surface area contributed by atoms with Gasteiger partial charge in [-0.1, -0.05) is 43.2 Å². The molecule has 0 aliphatic rings. The Balaban J connectivity index is 2.27. The van der Waals surface area contributed by atoms with Crippen molar-refractivity contribution in [3.8, 4) is 10.6 Å². The van der Waals surface area contributed by atoms with Gasteiger partial charge in [-0.05, 0) is 19.8 Å². The first kappa shape index (κ1) is 14.7. The molecule has 1 heterocycles. The molecule has 0 aliphatic carbocycles. The van der Waals surface area contributed by atoms with Gasteiger partial charge in [-0.2, -0.15) is 0 Å². The van der Waals surface area contributed by atoms with Crippen LogP contribution >= 0.6 is 11.3 Å². The number of benzene rings is 1. The molecule has 0 fully saturated rings. The predicted octanol–water partition coefficient (Wildman–Crippen LogP) is 4.09. The summed E-state index contributed by atoms with van der Waals surface area (Å²) in [6.07, 6.45) is 2.69. The summed E-state index contributed by atoms with van der Waals surface area (Å²) < 4.78 is 0. The van der Waals surface area contributed by atoms with E-state index in [4.69, 9.17) is 10.1 Å². The molecule has 4 heteroatoms. The van der Waals surface area contributed by atoms with Crippen LogP contribution in [0.15, 0.2) is 24.3 Å². The number of thiazole rings is 1. The van der Waals surface area contributed by atoms with Crippen LogP contribution in [0.2, 0.25) is 0 Å². The van der Waals surface area contributed by atoms with Crippen molar-refractivity contribution < 1.29 is 9.90 Å². The molecule has 3 nitrogen and oxygen atoms in total. The van der Waals surface area contributed by atoms with Crippen molar-refractivity contribution in [2.24, 2.45) is 0 Å². The number of rotatable bonds is 6. The molecule has 0 radical (unpaired) electrons. The maximum Gasteiger partial charge on any atom is 0.303 e. The first-order chi connectivity index (χ1) is 9.60. The second-order valence-electron chi connectivity index (χ2n) is 4.90. The first-order valence-electron chi connectivity index (χ1n) is 6.87. The highest BCUT2D eigenvalue weighted by Gasteiger charge is 2.13. The van der Waals surface area contributed by atoms with Crippen molar-refractivity contribution >= 4 is 17.3 Å². The average molecular weight is 289 g/mol. The van der Waals surface area contributed by atoms with Gasteiger partial charge in [-0.25, -0.2) is 4.98 Å². The van der Waals surface area contributed by atoms with Crippen LogP contribution in [0, 0.1) is 6.92 Å². The third kappa shape index (κ3) is 3.67. The standard InChI is InChI=1S/C16H19NO2S/c1-3-4-13-14(9-10-15(18)19)20-16(17-13)12-7-5-11(2)6-8-12/h5-8H,3-4,9-10H2,1-2H3,(H,18,19). The normalized spacial score (nSPS) is 10.7. The monoisotopic (exact) mass is 289 g/mol. The lowest BCUT2D eigenvalue weighted by Gasteiger charge is -1.97. The third-order valence-corrected chi connectivity index (χ3v) is 4.34. The van der Waals surface area contributed by atoms with E-state index in [0.717, 1.165) is 34.0 Å². The molecule has 0 bridgehead atoms. The molecular formula is C16H19NO2S. The van der Waals surface area contributed by atoms with E-state index in [-0.39, 0.29) is 6.42 Å². The van der Waals surface area contributed by atoms with Crippen LogP contribution in [-0.2, 0) is 17.6 Å². The fraction of sp³-hybridized carbons (Fsp3) is 0.375. The van der Waals surface area contributed by atoms with E-state index in [1.54, 1.807) is 11.3 Å². The molecule has 0 unspecified atom stereocenters. The minimum absolute atomic E-state index is 0.173. The van der Waals surface area contributed by atoms with Crippen molar-refractivity contribution in [3.63, 3.8) is 0 Å². The lowest BCUT2D eigenvalue weighted by atomic mass is 10.1. The molecule has 106 valence electrons. The van der Waals surface area contributed by atoms with Gasteiger partial charge >= 0.3 is 5.97 Å². The Hall–Kier alpha value is -1.68. The number of hydrogen-bond donors (Lipinski definition) is 1. The highest BCUT2D eigenvalue weighted by atomic mass is 32.1. The molecule has 2 rings (SSSR count). The number of carboxylic acids is 1. The third-order valence-electron chi connectivity index (χ3n) is 3.13. The van der Waals surface area contributed by atoms with Gasteiger partial charge in [0.1, 0.15) is 5.01 Å². The van der Waals surface area contributed by atoms with Gasteiger partial charge in [0.15, 0.2) is 0 Å². The lowest BCUT2D eigenvalue weighted by molar-refractivity contribution is -0.136. The van der Waals surface area contributed by atoms with Gasteiger partial charge < -0.3 is 5.11 Å². The van der Waals surface area contributed by atoms with E-state index < -0.39 is 5.97 Å². The van der Waals surface area contributed by atoms with Gasteiger partial charge in [0.05, 0.1) is 12.1 Å². The van der Waals surface area contributed by atoms with Gasteiger partial charge in [0, 0.05) is 10.4 Å². The average Bonchev–Trinajstić information content (AvgIpc) is 2.81. The Bertz CT molecular complexity index is 587. The molecule has 0 aliphatic heterocycles. The second kappa shape index (κ2) is 6.66. The molecule has 1 N–H and O–H groups in total. The fourth-order valence-corrected chi connectivity index (χ4v) is 3.16. The van der Waals surface area contributed by atoms with E-state index in [1.807, 2.05) is 0 Å². The summed E-state index contributed by atoms with van der Waals surface area (Å²) >= 11 is 1.63. The van der Waals surface area contributed by atoms with Crippen molar-refractivity contribution in [2.75, 3.05) is 0 Å². The van der Waals surface area contributed by atoms with E-state index in [1.165, 1.54) is 5.56 Å². The maximum atomic E-state index is 10.7. The van der Waals surface area contributed by atoms with Gasteiger partial charge in [-0.3, -0.25) is 4.79 Å². The summed E-state index contributed by atoms with van der Waals surface area (Å²) in [5, 5.41) is 9.83. The maximum absolute atomic E-state index is 10.7. The number of carboxylic acid groups (broad SMARTS) is 1. The minimum Gasteiger partial charge on any atom is -0.481 e. The van der Waals surface area contributed by atoms with Crippen molar-refractivity contribution in [2.45, 2.75) is 39.5 Å². The van der Waals surface area contributed by atoms with Crippen LogP contribution in [0.5, 0.6) is 0 Å².